The van der Waals surface area contributed by atoms with Gasteiger partial charge in [0.2, 0.25) is 0 Å². The molecular formula is C14H20N2O3. The molecule has 1 atom stereocenters. The first-order valence-corrected chi connectivity index (χ1v) is 7.00. The molecule has 0 aromatic rings. The molecule has 0 aliphatic heterocycles. The van der Waals surface area contributed by atoms with E-state index >= 15 is 0 Å². The quantitative estimate of drug-likeness (QED) is 0.783. The molecule has 0 radical (unpaired) electrons. The number of hydrogen-bond acceptors (Lipinski definition) is 4. The van der Waals surface area contributed by atoms with E-state index in [2.05, 4.69) is 11.4 Å². The molecule has 0 saturated heterocycles. The zero-order valence-corrected chi connectivity index (χ0v) is 11.3. The van der Waals surface area contributed by atoms with Crippen LogP contribution in [0.3, 0.4) is 0 Å². The highest BCUT2D eigenvalue weighted by Gasteiger charge is 2.37. The third-order valence-corrected chi connectivity index (χ3v) is 3.86. The third-order valence-electron chi connectivity index (χ3n) is 3.86. The normalized spacial score (nSPS) is 22.9. The number of carbonyl (C=O) groups is 2. The van der Waals surface area contributed by atoms with Gasteiger partial charge < -0.3 is 10.1 Å². The van der Waals surface area contributed by atoms with Gasteiger partial charge >= 0.3 is 5.97 Å². The fourth-order valence-corrected chi connectivity index (χ4v) is 2.40. The van der Waals surface area contributed by atoms with Crippen molar-refractivity contribution in [3.8, 4) is 6.07 Å². The molecule has 1 amide bonds. The van der Waals surface area contributed by atoms with E-state index in [1.165, 1.54) is 0 Å². The van der Waals surface area contributed by atoms with Gasteiger partial charge in [-0.15, -0.1) is 0 Å². The number of hydrogen-bond donors (Lipinski definition) is 1. The van der Waals surface area contributed by atoms with E-state index in [4.69, 9.17) is 4.74 Å². The number of nitrogens with one attached hydrogen (secondary N) is 1. The Balaban J connectivity index is 1.87. The second-order valence-electron chi connectivity index (χ2n) is 5.60. The van der Waals surface area contributed by atoms with Gasteiger partial charge in [0.15, 0.2) is 6.10 Å². The number of ether oxygens (including phenoxy) is 1. The summed E-state index contributed by atoms with van der Waals surface area (Å²) < 4.78 is 5.11. The second kappa shape index (κ2) is 5.60. The summed E-state index contributed by atoms with van der Waals surface area (Å²) in [5, 5.41) is 12.0. The van der Waals surface area contributed by atoms with Gasteiger partial charge in [0, 0.05) is 0 Å². The van der Waals surface area contributed by atoms with E-state index in [1.807, 2.05) is 0 Å². The van der Waals surface area contributed by atoms with Crippen LogP contribution in [-0.2, 0) is 14.3 Å². The van der Waals surface area contributed by atoms with Gasteiger partial charge in [-0.3, -0.25) is 9.59 Å². The second-order valence-corrected chi connectivity index (χ2v) is 5.60. The predicted octanol–water partition coefficient (Wildman–Crippen LogP) is 1.67. The molecule has 0 spiro atoms. The SMILES string of the molecule is C[C@H](OC(=O)C1CC1)C(=O)NC1(C#N)CCCCC1. The van der Waals surface area contributed by atoms with Crippen molar-refractivity contribution in [2.45, 2.75) is 63.5 Å². The summed E-state index contributed by atoms with van der Waals surface area (Å²) in [7, 11) is 0. The van der Waals surface area contributed by atoms with E-state index in [9.17, 15) is 14.9 Å². The summed E-state index contributed by atoms with van der Waals surface area (Å²) in [6.07, 6.45) is 5.25. The zero-order valence-electron chi connectivity index (χ0n) is 11.3. The molecule has 0 bridgehead atoms. The first-order valence-electron chi connectivity index (χ1n) is 7.00. The summed E-state index contributed by atoms with van der Waals surface area (Å²) >= 11 is 0. The maximum atomic E-state index is 12.0. The van der Waals surface area contributed by atoms with Gasteiger partial charge in [0.1, 0.15) is 5.54 Å². The Morgan fingerprint density at radius 2 is 1.95 bits per heavy atom. The maximum Gasteiger partial charge on any atom is 0.309 e. The minimum absolute atomic E-state index is 0.0187. The van der Waals surface area contributed by atoms with Crippen molar-refractivity contribution < 1.29 is 14.3 Å². The minimum atomic E-state index is -0.819. The van der Waals surface area contributed by atoms with Crippen molar-refractivity contribution in [3.05, 3.63) is 0 Å². The highest BCUT2D eigenvalue weighted by Crippen LogP contribution is 2.31. The van der Waals surface area contributed by atoms with E-state index < -0.39 is 11.6 Å². The lowest BCUT2D eigenvalue weighted by atomic mass is 9.83. The van der Waals surface area contributed by atoms with E-state index in [1.54, 1.807) is 6.92 Å². The summed E-state index contributed by atoms with van der Waals surface area (Å²) in [5.41, 5.74) is -0.768. The molecule has 5 nitrogen and oxygen atoms in total. The molecule has 2 saturated carbocycles. The van der Waals surface area contributed by atoms with E-state index in [0.29, 0.717) is 12.8 Å². The highest BCUT2D eigenvalue weighted by molar-refractivity contribution is 5.85. The Morgan fingerprint density at radius 3 is 2.47 bits per heavy atom. The first-order chi connectivity index (χ1) is 9.06. The molecular weight excluding hydrogens is 244 g/mol. The Hall–Kier alpha value is -1.57. The number of rotatable bonds is 4. The van der Waals surface area contributed by atoms with Gasteiger partial charge in [-0.1, -0.05) is 19.3 Å². The Morgan fingerprint density at radius 1 is 1.32 bits per heavy atom. The number of esters is 1. The van der Waals surface area contributed by atoms with Crippen molar-refractivity contribution in [1.29, 1.82) is 5.26 Å². The van der Waals surface area contributed by atoms with Crippen LogP contribution < -0.4 is 5.32 Å². The number of carbonyl (C=O) groups excluding carboxylic acids is 2. The van der Waals surface area contributed by atoms with Gasteiger partial charge in [-0.25, -0.2) is 0 Å². The van der Waals surface area contributed by atoms with Crippen LogP contribution in [-0.4, -0.2) is 23.5 Å². The molecule has 1 N–H and O–H groups in total. The maximum absolute atomic E-state index is 12.0. The van der Waals surface area contributed by atoms with Gasteiger partial charge in [-0.05, 0) is 32.6 Å². The largest absolute Gasteiger partial charge is 0.452 e. The Kier molecular flexibility index (Phi) is 4.08. The van der Waals surface area contributed by atoms with Crippen molar-refractivity contribution in [1.82, 2.24) is 5.32 Å². The lowest BCUT2D eigenvalue weighted by Crippen LogP contribution is -2.52. The zero-order chi connectivity index (χ0) is 13.9. The number of amides is 1. The Labute approximate surface area is 113 Å². The van der Waals surface area contributed by atoms with Crippen LogP contribution in [0.1, 0.15) is 51.9 Å². The fraction of sp³-hybridized carbons (Fsp3) is 0.786. The van der Waals surface area contributed by atoms with Crippen LogP contribution in [0.5, 0.6) is 0 Å². The molecule has 0 aromatic carbocycles. The fourth-order valence-electron chi connectivity index (χ4n) is 2.40. The van der Waals surface area contributed by atoms with E-state index in [-0.39, 0.29) is 17.8 Å². The molecule has 2 aliphatic carbocycles. The van der Waals surface area contributed by atoms with Crippen molar-refractivity contribution in [2.24, 2.45) is 5.92 Å². The molecule has 19 heavy (non-hydrogen) atoms. The van der Waals surface area contributed by atoms with Gasteiger partial charge in [-0.2, -0.15) is 5.26 Å². The van der Waals surface area contributed by atoms with Crippen molar-refractivity contribution in [3.63, 3.8) is 0 Å². The smallest absolute Gasteiger partial charge is 0.309 e. The summed E-state index contributed by atoms with van der Waals surface area (Å²) in [4.78, 5) is 23.5. The number of nitrogens with zero attached hydrogens (tertiary/aromatic N) is 1. The van der Waals surface area contributed by atoms with Crippen LogP contribution >= 0.6 is 0 Å². The van der Waals surface area contributed by atoms with Gasteiger partial charge in [0.25, 0.3) is 5.91 Å². The third kappa shape index (κ3) is 3.46. The van der Waals surface area contributed by atoms with E-state index in [0.717, 1.165) is 32.1 Å². The monoisotopic (exact) mass is 264 g/mol. The summed E-state index contributed by atoms with van der Waals surface area (Å²) in [5.74, 6) is -0.676. The summed E-state index contributed by atoms with van der Waals surface area (Å²) in [6.45, 7) is 1.56. The lowest BCUT2D eigenvalue weighted by Gasteiger charge is -2.32. The molecule has 2 rings (SSSR count). The number of nitriles is 1. The van der Waals surface area contributed by atoms with Crippen molar-refractivity contribution >= 4 is 11.9 Å². The van der Waals surface area contributed by atoms with Crippen LogP contribution in [0, 0.1) is 17.2 Å². The van der Waals surface area contributed by atoms with Gasteiger partial charge in [0.05, 0.1) is 12.0 Å². The molecule has 2 aliphatic rings. The van der Waals surface area contributed by atoms with Crippen LogP contribution in [0.4, 0.5) is 0 Å². The van der Waals surface area contributed by atoms with Crippen LogP contribution in [0.25, 0.3) is 0 Å². The average molecular weight is 264 g/mol. The summed E-state index contributed by atoms with van der Waals surface area (Å²) in [6, 6.07) is 2.22. The molecule has 5 heteroatoms. The minimum Gasteiger partial charge on any atom is -0.452 e. The lowest BCUT2D eigenvalue weighted by molar-refractivity contribution is -0.156. The highest BCUT2D eigenvalue weighted by atomic mass is 16.5. The standard InChI is InChI=1S/C14H20N2O3/c1-10(19-13(18)11-5-6-11)12(17)16-14(9-15)7-3-2-4-8-14/h10-11H,2-8H2,1H3,(H,16,17)/t10-/m0/s1. The molecule has 0 aromatic heterocycles. The predicted molar refractivity (Wildman–Crippen MR) is 67.8 cm³/mol. The average Bonchev–Trinajstić information content (AvgIpc) is 3.24. The topological polar surface area (TPSA) is 79.2 Å². The Bertz CT molecular complexity index is 403. The first kappa shape index (κ1) is 13.9. The molecule has 2 fully saturated rings. The molecule has 0 unspecified atom stereocenters. The van der Waals surface area contributed by atoms with Crippen LogP contribution in [0.2, 0.25) is 0 Å². The van der Waals surface area contributed by atoms with Crippen LogP contribution in [0.15, 0.2) is 0 Å². The van der Waals surface area contributed by atoms with Crippen molar-refractivity contribution in [2.75, 3.05) is 0 Å². The molecule has 0 heterocycles. The molecule has 104 valence electrons.